The summed E-state index contributed by atoms with van der Waals surface area (Å²) in [6.07, 6.45) is -0.0959. The van der Waals surface area contributed by atoms with Crippen LogP contribution in [-0.2, 0) is 11.2 Å². The standard InChI is InChI=1S/C13H14N2O3S/c1-7-3-4-9(18-2)8(5-7)12-10(6-11(16)17)19-13(14)15-12/h3-5H,6H2,1-2H3,(H2,14,15)(H,16,17). The molecule has 0 aliphatic heterocycles. The molecule has 0 amide bonds. The van der Waals surface area contributed by atoms with Crippen molar-refractivity contribution in [2.45, 2.75) is 13.3 Å². The van der Waals surface area contributed by atoms with Gasteiger partial charge in [0.05, 0.1) is 19.2 Å². The highest BCUT2D eigenvalue weighted by Crippen LogP contribution is 2.36. The number of ether oxygens (including phenoxy) is 1. The van der Waals surface area contributed by atoms with Crippen LogP contribution in [0, 0.1) is 6.92 Å². The molecule has 3 N–H and O–H groups in total. The van der Waals surface area contributed by atoms with E-state index in [1.807, 2.05) is 25.1 Å². The molecule has 0 spiro atoms. The second-order valence-electron chi connectivity index (χ2n) is 4.10. The van der Waals surface area contributed by atoms with Gasteiger partial charge >= 0.3 is 5.97 Å². The summed E-state index contributed by atoms with van der Waals surface area (Å²) in [4.78, 5) is 15.8. The van der Waals surface area contributed by atoms with Crippen LogP contribution in [0.3, 0.4) is 0 Å². The van der Waals surface area contributed by atoms with E-state index in [0.717, 1.165) is 11.1 Å². The molecule has 5 nitrogen and oxygen atoms in total. The van der Waals surface area contributed by atoms with Crippen LogP contribution in [0.15, 0.2) is 18.2 Å². The number of carbonyl (C=O) groups is 1. The lowest BCUT2D eigenvalue weighted by Gasteiger charge is -2.08. The van der Waals surface area contributed by atoms with Crippen LogP contribution in [0.2, 0.25) is 0 Å². The minimum Gasteiger partial charge on any atom is -0.496 e. The number of thiazole rings is 1. The first-order chi connectivity index (χ1) is 9.01. The first-order valence-electron chi connectivity index (χ1n) is 5.63. The maximum atomic E-state index is 10.9. The van der Waals surface area contributed by atoms with Crippen molar-refractivity contribution in [3.8, 4) is 17.0 Å². The van der Waals surface area contributed by atoms with Crippen molar-refractivity contribution in [1.82, 2.24) is 4.98 Å². The summed E-state index contributed by atoms with van der Waals surface area (Å²) in [5.41, 5.74) is 8.10. The molecular formula is C13H14N2O3S. The number of aliphatic carboxylic acids is 1. The van der Waals surface area contributed by atoms with E-state index in [1.54, 1.807) is 7.11 Å². The molecule has 0 unspecified atom stereocenters. The second kappa shape index (κ2) is 5.27. The van der Waals surface area contributed by atoms with E-state index in [-0.39, 0.29) is 6.42 Å². The lowest BCUT2D eigenvalue weighted by molar-refractivity contribution is -0.136. The largest absolute Gasteiger partial charge is 0.496 e. The number of anilines is 1. The quantitative estimate of drug-likeness (QED) is 0.896. The van der Waals surface area contributed by atoms with Gasteiger partial charge in [0.2, 0.25) is 0 Å². The van der Waals surface area contributed by atoms with Crippen molar-refractivity contribution in [2.24, 2.45) is 0 Å². The number of aromatic nitrogens is 1. The zero-order valence-corrected chi connectivity index (χ0v) is 11.5. The average Bonchev–Trinajstić information content (AvgIpc) is 2.69. The van der Waals surface area contributed by atoms with Crippen LogP contribution in [0.25, 0.3) is 11.3 Å². The van der Waals surface area contributed by atoms with Gasteiger partial charge in [-0.2, -0.15) is 0 Å². The molecule has 0 saturated carbocycles. The first-order valence-corrected chi connectivity index (χ1v) is 6.45. The highest BCUT2D eigenvalue weighted by atomic mass is 32.1. The Morgan fingerprint density at radius 1 is 1.53 bits per heavy atom. The minimum absolute atomic E-state index is 0.0959. The predicted molar refractivity (Wildman–Crippen MR) is 74.6 cm³/mol. The summed E-state index contributed by atoms with van der Waals surface area (Å²) in [5.74, 6) is -0.251. The molecule has 2 aromatic rings. The number of nitrogens with zero attached hydrogens (tertiary/aromatic N) is 1. The van der Waals surface area contributed by atoms with Gasteiger partial charge in [-0.1, -0.05) is 11.6 Å². The molecule has 0 radical (unpaired) electrons. The molecule has 2 rings (SSSR count). The van der Waals surface area contributed by atoms with Gasteiger partial charge in [-0.15, -0.1) is 11.3 Å². The molecular weight excluding hydrogens is 264 g/mol. The fourth-order valence-corrected chi connectivity index (χ4v) is 2.68. The molecule has 0 bridgehead atoms. The normalized spacial score (nSPS) is 10.4. The third-order valence-electron chi connectivity index (χ3n) is 2.64. The van der Waals surface area contributed by atoms with Crippen LogP contribution in [0.4, 0.5) is 5.13 Å². The molecule has 0 saturated heterocycles. The molecule has 0 atom stereocenters. The summed E-state index contributed by atoms with van der Waals surface area (Å²) in [6, 6.07) is 5.68. The lowest BCUT2D eigenvalue weighted by Crippen LogP contribution is -2.00. The number of nitrogen functional groups attached to an aromatic ring is 1. The smallest absolute Gasteiger partial charge is 0.308 e. The van der Waals surface area contributed by atoms with Gasteiger partial charge in [0.25, 0.3) is 0 Å². The zero-order chi connectivity index (χ0) is 14.0. The first kappa shape index (κ1) is 13.4. The van der Waals surface area contributed by atoms with E-state index in [4.69, 9.17) is 15.6 Å². The van der Waals surface area contributed by atoms with Gasteiger partial charge < -0.3 is 15.6 Å². The average molecular weight is 278 g/mol. The van der Waals surface area contributed by atoms with Crippen LogP contribution in [0.5, 0.6) is 5.75 Å². The monoisotopic (exact) mass is 278 g/mol. The Hall–Kier alpha value is -2.08. The van der Waals surface area contributed by atoms with Gasteiger partial charge in [-0.3, -0.25) is 4.79 Å². The van der Waals surface area contributed by atoms with Crippen molar-refractivity contribution in [3.05, 3.63) is 28.6 Å². The Bertz CT molecular complexity index is 622. The third kappa shape index (κ3) is 2.85. The number of carboxylic acid groups (broad SMARTS) is 1. The van der Waals surface area contributed by atoms with Crippen LogP contribution in [0.1, 0.15) is 10.4 Å². The fraction of sp³-hybridized carbons (Fsp3) is 0.231. The summed E-state index contributed by atoms with van der Waals surface area (Å²) in [7, 11) is 1.57. The fourth-order valence-electron chi connectivity index (χ4n) is 1.84. The van der Waals surface area contributed by atoms with E-state index in [1.165, 1.54) is 11.3 Å². The Kier molecular flexibility index (Phi) is 3.71. The number of rotatable bonds is 4. The van der Waals surface area contributed by atoms with Crippen LogP contribution < -0.4 is 10.5 Å². The van der Waals surface area contributed by atoms with Crippen molar-refractivity contribution in [1.29, 1.82) is 0 Å². The van der Waals surface area contributed by atoms with Crippen molar-refractivity contribution < 1.29 is 14.6 Å². The summed E-state index contributed by atoms with van der Waals surface area (Å²) in [6.45, 7) is 1.95. The number of hydrogen-bond acceptors (Lipinski definition) is 5. The molecule has 0 fully saturated rings. The maximum Gasteiger partial charge on any atom is 0.308 e. The molecule has 0 aliphatic rings. The summed E-state index contributed by atoms with van der Waals surface area (Å²) < 4.78 is 5.30. The number of benzene rings is 1. The Balaban J connectivity index is 2.57. The molecule has 1 aromatic heterocycles. The lowest BCUT2D eigenvalue weighted by atomic mass is 10.1. The van der Waals surface area contributed by atoms with E-state index in [9.17, 15) is 4.79 Å². The van der Waals surface area contributed by atoms with Gasteiger partial charge in [0, 0.05) is 10.4 Å². The van der Waals surface area contributed by atoms with Crippen LogP contribution >= 0.6 is 11.3 Å². The number of methoxy groups -OCH3 is 1. The topological polar surface area (TPSA) is 85.4 Å². The predicted octanol–water partition coefficient (Wildman–Crippen LogP) is 2.34. The van der Waals surface area contributed by atoms with Gasteiger partial charge in [0.1, 0.15) is 5.75 Å². The van der Waals surface area contributed by atoms with E-state index >= 15 is 0 Å². The molecule has 1 heterocycles. The maximum absolute atomic E-state index is 10.9. The Morgan fingerprint density at radius 3 is 2.89 bits per heavy atom. The number of carboxylic acids is 1. The van der Waals surface area contributed by atoms with E-state index in [2.05, 4.69) is 4.98 Å². The van der Waals surface area contributed by atoms with Gasteiger partial charge in [0.15, 0.2) is 5.13 Å². The Morgan fingerprint density at radius 2 is 2.26 bits per heavy atom. The minimum atomic E-state index is -0.906. The number of aryl methyl sites for hydroxylation is 1. The summed E-state index contributed by atoms with van der Waals surface area (Å²) in [5, 5.41) is 9.29. The number of nitrogens with two attached hydrogens (primary N) is 1. The SMILES string of the molecule is COc1ccc(C)cc1-c1nc(N)sc1CC(=O)O. The van der Waals surface area contributed by atoms with Gasteiger partial charge in [-0.05, 0) is 19.1 Å². The molecule has 0 aliphatic carbocycles. The van der Waals surface area contributed by atoms with E-state index < -0.39 is 5.97 Å². The zero-order valence-electron chi connectivity index (χ0n) is 10.6. The highest BCUT2D eigenvalue weighted by Gasteiger charge is 2.17. The number of hydrogen-bond donors (Lipinski definition) is 2. The molecule has 1 aromatic carbocycles. The van der Waals surface area contributed by atoms with Crippen molar-refractivity contribution in [2.75, 3.05) is 12.8 Å². The Labute approximate surface area is 114 Å². The molecule has 100 valence electrons. The molecule has 19 heavy (non-hydrogen) atoms. The summed E-state index contributed by atoms with van der Waals surface area (Å²) >= 11 is 1.19. The third-order valence-corrected chi connectivity index (χ3v) is 3.52. The van der Waals surface area contributed by atoms with Gasteiger partial charge in [-0.25, -0.2) is 4.98 Å². The highest BCUT2D eigenvalue weighted by molar-refractivity contribution is 7.15. The second-order valence-corrected chi connectivity index (χ2v) is 5.21. The van der Waals surface area contributed by atoms with Crippen LogP contribution in [-0.4, -0.2) is 23.2 Å². The molecule has 6 heteroatoms. The van der Waals surface area contributed by atoms with Crippen molar-refractivity contribution >= 4 is 22.4 Å². The van der Waals surface area contributed by atoms with Crippen molar-refractivity contribution in [3.63, 3.8) is 0 Å². The van der Waals surface area contributed by atoms with E-state index in [0.29, 0.717) is 21.5 Å².